The first-order chi connectivity index (χ1) is 6.73. The largest absolute Gasteiger partial charge is 0.481 e. The fourth-order valence-electron chi connectivity index (χ4n) is 2.19. The molecule has 2 fully saturated rings. The van der Waals surface area contributed by atoms with Crippen LogP contribution in [-0.4, -0.2) is 59.2 Å². The molecule has 5 heteroatoms. The molecular weight excluding hydrogens is 200 g/mol. The summed E-state index contributed by atoms with van der Waals surface area (Å²) in [5, 5.41) is 12.1. The molecule has 14 heavy (non-hydrogen) atoms. The molecule has 80 valence electrons. The van der Waals surface area contributed by atoms with Gasteiger partial charge >= 0.3 is 5.97 Å². The highest BCUT2D eigenvalue weighted by Gasteiger charge is 2.44. The highest BCUT2D eigenvalue weighted by molar-refractivity contribution is 7.99. The van der Waals surface area contributed by atoms with E-state index in [2.05, 4.69) is 10.2 Å². The van der Waals surface area contributed by atoms with Crippen LogP contribution in [0.25, 0.3) is 0 Å². The number of carboxylic acid groups (broad SMARTS) is 1. The number of carboxylic acids is 1. The molecule has 0 aromatic rings. The van der Waals surface area contributed by atoms with Crippen LogP contribution in [0.15, 0.2) is 0 Å². The Labute approximate surface area is 88.0 Å². The van der Waals surface area contributed by atoms with Gasteiger partial charge in [-0.25, -0.2) is 0 Å². The van der Waals surface area contributed by atoms with Crippen LogP contribution in [0.2, 0.25) is 0 Å². The van der Waals surface area contributed by atoms with Gasteiger partial charge in [-0.1, -0.05) is 0 Å². The van der Waals surface area contributed by atoms with Gasteiger partial charge in [0.1, 0.15) is 0 Å². The van der Waals surface area contributed by atoms with Gasteiger partial charge in [0.2, 0.25) is 0 Å². The lowest BCUT2D eigenvalue weighted by Crippen LogP contribution is -2.70. The predicted molar refractivity (Wildman–Crippen MR) is 56.8 cm³/mol. The molecule has 4 nitrogen and oxygen atoms in total. The Bertz CT molecular complexity index is 225. The summed E-state index contributed by atoms with van der Waals surface area (Å²) in [4.78, 5) is 13.1. The van der Waals surface area contributed by atoms with Crippen molar-refractivity contribution >= 4 is 17.7 Å². The predicted octanol–water partition coefficient (Wildman–Crippen LogP) is -0.148. The molecule has 0 radical (unpaired) electrons. The third-order valence-corrected chi connectivity index (χ3v) is 4.01. The molecule has 0 atom stereocenters. The Morgan fingerprint density at radius 2 is 2.07 bits per heavy atom. The highest BCUT2D eigenvalue weighted by atomic mass is 32.2. The van der Waals surface area contributed by atoms with E-state index in [0.717, 1.165) is 37.7 Å². The minimum absolute atomic E-state index is 0.0766. The molecule has 2 N–H and O–H groups in total. The zero-order valence-corrected chi connectivity index (χ0v) is 8.98. The summed E-state index contributed by atoms with van der Waals surface area (Å²) in [5.41, 5.74) is -0.0766. The summed E-state index contributed by atoms with van der Waals surface area (Å²) in [6.45, 7) is 3.76. The van der Waals surface area contributed by atoms with E-state index in [0.29, 0.717) is 0 Å². The average molecular weight is 216 g/mol. The summed E-state index contributed by atoms with van der Waals surface area (Å²) < 4.78 is 0. The zero-order valence-electron chi connectivity index (χ0n) is 8.16. The first-order valence-electron chi connectivity index (χ1n) is 4.98. The second-order valence-corrected chi connectivity index (χ2v) is 5.22. The Balaban J connectivity index is 1.99. The van der Waals surface area contributed by atoms with E-state index in [4.69, 9.17) is 5.11 Å². The standard InChI is InChI=1S/C9H16N2O2S/c12-8(13)5-9(6-10-7-9)11-1-3-14-4-2-11/h10H,1-7H2,(H,12,13). The average Bonchev–Trinajstić information content (AvgIpc) is 2.12. The number of hydrogen-bond acceptors (Lipinski definition) is 4. The van der Waals surface area contributed by atoms with E-state index < -0.39 is 5.97 Å². The maximum atomic E-state index is 10.8. The van der Waals surface area contributed by atoms with Crippen LogP contribution in [0.3, 0.4) is 0 Å². The van der Waals surface area contributed by atoms with Gasteiger partial charge in [-0.3, -0.25) is 9.69 Å². The summed E-state index contributed by atoms with van der Waals surface area (Å²) in [6, 6.07) is 0. The van der Waals surface area contributed by atoms with Gasteiger partial charge in [-0.15, -0.1) is 0 Å². The van der Waals surface area contributed by atoms with E-state index in [1.807, 2.05) is 11.8 Å². The molecule has 0 saturated carbocycles. The van der Waals surface area contributed by atoms with Crippen molar-refractivity contribution in [3.63, 3.8) is 0 Å². The molecule has 2 heterocycles. The van der Waals surface area contributed by atoms with Crippen LogP contribution in [0.1, 0.15) is 6.42 Å². The van der Waals surface area contributed by atoms with Crippen molar-refractivity contribution in [3.05, 3.63) is 0 Å². The minimum Gasteiger partial charge on any atom is -0.481 e. The molecule has 0 spiro atoms. The van der Waals surface area contributed by atoms with Crippen molar-refractivity contribution in [2.45, 2.75) is 12.0 Å². The summed E-state index contributed by atoms with van der Waals surface area (Å²) in [5.74, 6) is 1.60. The van der Waals surface area contributed by atoms with Crippen molar-refractivity contribution in [2.75, 3.05) is 37.7 Å². The van der Waals surface area contributed by atoms with E-state index in [1.165, 1.54) is 0 Å². The number of nitrogens with zero attached hydrogens (tertiary/aromatic N) is 1. The van der Waals surface area contributed by atoms with Crippen molar-refractivity contribution in [1.29, 1.82) is 0 Å². The fraction of sp³-hybridized carbons (Fsp3) is 0.889. The fourth-order valence-corrected chi connectivity index (χ4v) is 3.10. The quantitative estimate of drug-likeness (QED) is 0.687. The van der Waals surface area contributed by atoms with Crippen molar-refractivity contribution < 1.29 is 9.90 Å². The normalized spacial score (nSPS) is 26.9. The van der Waals surface area contributed by atoms with Crippen LogP contribution in [0.5, 0.6) is 0 Å². The topological polar surface area (TPSA) is 52.6 Å². The van der Waals surface area contributed by atoms with Gasteiger partial charge < -0.3 is 10.4 Å². The van der Waals surface area contributed by atoms with Gasteiger partial charge in [-0.05, 0) is 0 Å². The summed E-state index contributed by atoms with van der Waals surface area (Å²) in [7, 11) is 0. The van der Waals surface area contributed by atoms with Crippen molar-refractivity contribution in [2.24, 2.45) is 0 Å². The lowest BCUT2D eigenvalue weighted by molar-refractivity contribution is -0.141. The number of thioether (sulfide) groups is 1. The number of aliphatic carboxylic acids is 1. The SMILES string of the molecule is O=C(O)CC1(N2CCSCC2)CNC1. The molecule has 0 amide bonds. The lowest BCUT2D eigenvalue weighted by atomic mass is 9.86. The van der Waals surface area contributed by atoms with Crippen LogP contribution in [-0.2, 0) is 4.79 Å². The maximum Gasteiger partial charge on any atom is 0.305 e. The number of rotatable bonds is 3. The van der Waals surface area contributed by atoms with Crippen LogP contribution in [0.4, 0.5) is 0 Å². The van der Waals surface area contributed by atoms with Crippen LogP contribution in [0, 0.1) is 0 Å². The molecule has 2 rings (SSSR count). The maximum absolute atomic E-state index is 10.8. The Morgan fingerprint density at radius 1 is 1.43 bits per heavy atom. The van der Waals surface area contributed by atoms with Gasteiger partial charge in [-0.2, -0.15) is 11.8 Å². The van der Waals surface area contributed by atoms with Gasteiger partial charge in [0.25, 0.3) is 0 Å². The molecule has 2 saturated heterocycles. The molecule has 2 aliphatic rings. The molecule has 0 aliphatic carbocycles. The Morgan fingerprint density at radius 3 is 2.50 bits per heavy atom. The third kappa shape index (κ3) is 1.89. The molecule has 0 aromatic heterocycles. The van der Waals surface area contributed by atoms with Gasteiger partial charge in [0, 0.05) is 37.7 Å². The molecule has 0 bridgehead atoms. The zero-order chi connectivity index (χ0) is 10.0. The third-order valence-electron chi connectivity index (χ3n) is 3.07. The molecule has 0 aromatic carbocycles. The minimum atomic E-state index is -0.676. The second kappa shape index (κ2) is 4.08. The van der Waals surface area contributed by atoms with E-state index in [1.54, 1.807) is 0 Å². The monoisotopic (exact) mass is 216 g/mol. The van der Waals surface area contributed by atoms with Crippen molar-refractivity contribution in [3.8, 4) is 0 Å². The Kier molecular flexibility index (Phi) is 2.99. The second-order valence-electron chi connectivity index (χ2n) is 4.00. The first-order valence-corrected chi connectivity index (χ1v) is 6.14. The van der Waals surface area contributed by atoms with E-state index >= 15 is 0 Å². The Hall–Kier alpha value is -0.260. The number of nitrogens with one attached hydrogen (secondary N) is 1. The van der Waals surface area contributed by atoms with Crippen molar-refractivity contribution in [1.82, 2.24) is 10.2 Å². The molecular formula is C9H16N2O2S. The lowest BCUT2D eigenvalue weighted by Gasteiger charge is -2.51. The number of hydrogen-bond donors (Lipinski definition) is 2. The highest BCUT2D eigenvalue weighted by Crippen LogP contribution is 2.27. The van der Waals surface area contributed by atoms with Crippen LogP contribution >= 0.6 is 11.8 Å². The molecule has 2 aliphatic heterocycles. The van der Waals surface area contributed by atoms with Gasteiger partial charge in [0.05, 0.1) is 12.0 Å². The van der Waals surface area contributed by atoms with E-state index in [9.17, 15) is 4.79 Å². The van der Waals surface area contributed by atoms with E-state index in [-0.39, 0.29) is 12.0 Å². The summed E-state index contributed by atoms with van der Waals surface area (Å²) in [6.07, 6.45) is 0.282. The smallest absolute Gasteiger partial charge is 0.305 e. The summed E-state index contributed by atoms with van der Waals surface area (Å²) >= 11 is 1.96. The van der Waals surface area contributed by atoms with Gasteiger partial charge in [0.15, 0.2) is 0 Å². The number of carbonyl (C=O) groups is 1. The van der Waals surface area contributed by atoms with Crippen LogP contribution < -0.4 is 5.32 Å². The molecule has 0 unspecified atom stereocenters. The first kappa shape index (κ1) is 10.3.